The maximum Gasteiger partial charge on any atom is 0.392 e. The summed E-state index contributed by atoms with van der Waals surface area (Å²) in [7, 11) is 0. The maximum atomic E-state index is 12.4. The lowest BCUT2D eigenvalue weighted by atomic mass is 9.73. The van der Waals surface area contributed by atoms with Crippen LogP contribution >= 0.6 is 0 Å². The van der Waals surface area contributed by atoms with Gasteiger partial charge in [0.1, 0.15) is 0 Å². The van der Waals surface area contributed by atoms with Crippen LogP contribution < -0.4 is 0 Å². The molecule has 0 radical (unpaired) electrons. The van der Waals surface area contributed by atoms with Gasteiger partial charge in [-0.1, -0.05) is 211 Å². The van der Waals surface area contributed by atoms with Crippen LogP contribution in [0.25, 0.3) is 0 Å². The van der Waals surface area contributed by atoms with Gasteiger partial charge in [-0.05, 0) is 127 Å². The van der Waals surface area contributed by atoms with Crippen molar-refractivity contribution in [3.8, 4) is 0 Å². The highest BCUT2D eigenvalue weighted by molar-refractivity contribution is 4.84. The molecule has 0 aromatic rings. The molecule has 0 aliphatic heterocycles. The molecule has 0 aromatic carbocycles. The van der Waals surface area contributed by atoms with E-state index in [1.54, 1.807) is 27.7 Å². The molecule has 4 aliphatic rings. The molecule has 0 nitrogen and oxygen atoms in total. The van der Waals surface area contributed by atoms with E-state index in [1.165, 1.54) is 45.4 Å². The Morgan fingerprint density at radius 2 is 0.778 bits per heavy atom. The summed E-state index contributed by atoms with van der Waals surface area (Å²) >= 11 is 0. The van der Waals surface area contributed by atoms with Crippen LogP contribution in [-0.2, 0) is 0 Å². The minimum Gasteiger partial charge on any atom is -0.171 e. The molecule has 0 saturated heterocycles. The molecule has 72 heavy (non-hydrogen) atoms. The van der Waals surface area contributed by atoms with Crippen LogP contribution in [-0.4, -0.2) is 24.7 Å². The molecule has 4 fully saturated rings. The van der Waals surface area contributed by atoms with Gasteiger partial charge in [0, 0.05) is 2.74 Å². The van der Waals surface area contributed by atoms with Crippen molar-refractivity contribution in [2.45, 2.75) is 293 Å². The molecule has 0 N–H and O–H groups in total. The molecule has 0 aromatic heterocycles. The molecule has 0 bridgehead atoms. The summed E-state index contributed by atoms with van der Waals surface area (Å²) in [6.45, 7) is 46.5. The van der Waals surface area contributed by atoms with E-state index in [0.29, 0.717) is 42.9 Å². The molecule has 4 aliphatic carbocycles. The number of hydrogen-bond acceptors (Lipinski definition) is 0. The Labute approximate surface area is 440 Å². The Hall–Kier alpha value is -0.840. The van der Waals surface area contributed by atoms with E-state index < -0.39 is 54.7 Å². The van der Waals surface area contributed by atoms with Gasteiger partial charge >= 0.3 is 24.7 Å². The first-order chi connectivity index (χ1) is 32.8. The van der Waals surface area contributed by atoms with Crippen LogP contribution in [0, 0.1) is 93.2 Å². The van der Waals surface area contributed by atoms with Gasteiger partial charge in [-0.2, -0.15) is 52.7 Å². The second kappa shape index (κ2) is 35.5. The Bertz CT molecular complexity index is 1310. The Balaban J connectivity index is -0.000000382. The lowest BCUT2D eigenvalue weighted by molar-refractivity contribution is -0.199. The third kappa shape index (κ3) is 41.3. The van der Waals surface area contributed by atoms with Crippen molar-refractivity contribution < 1.29 is 55.4 Å². The molecule has 9 unspecified atom stereocenters. The first kappa shape index (κ1) is 73.2. The van der Waals surface area contributed by atoms with Gasteiger partial charge in [0.15, 0.2) is 0 Å². The minimum absolute atomic E-state index is 0.176. The Morgan fingerprint density at radius 3 is 0.958 bits per heavy atom. The van der Waals surface area contributed by atoms with Crippen LogP contribution in [0.4, 0.5) is 52.7 Å². The van der Waals surface area contributed by atoms with Gasteiger partial charge in [-0.25, -0.2) is 0 Å². The predicted molar refractivity (Wildman–Crippen MR) is 286 cm³/mol. The monoisotopic (exact) mass is 1070 g/mol. The second-order valence-corrected chi connectivity index (χ2v) is 26.5. The molecule has 4 rings (SSSR count). The van der Waals surface area contributed by atoms with Crippen molar-refractivity contribution in [3.05, 3.63) is 0 Å². The molecular formula is C60H116F12. The van der Waals surface area contributed by atoms with Crippen LogP contribution in [0.5, 0.6) is 0 Å². The largest absolute Gasteiger partial charge is 0.392 e. The summed E-state index contributed by atoms with van der Waals surface area (Å²) in [5.41, 5.74) is 0.872. The van der Waals surface area contributed by atoms with Gasteiger partial charge < -0.3 is 0 Å². The van der Waals surface area contributed by atoms with E-state index in [1.807, 2.05) is 48.5 Å². The van der Waals surface area contributed by atoms with Crippen LogP contribution in [0.2, 0.25) is 0 Å². The highest BCUT2D eigenvalue weighted by Crippen LogP contribution is 2.46. The summed E-state index contributed by atoms with van der Waals surface area (Å²) in [5, 5.41) is 0. The second-order valence-electron chi connectivity index (χ2n) is 26.5. The molecule has 0 spiro atoms. The maximum absolute atomic E-state index is 12.4. The van der Waals surface area contributed by atoms with Crippen molar-refractivity contribution in [1.82, 2.24) is 0 Å². The fraction of sp³-hybridized carbons (Fsp3) is 1.00. The van der Waals surface area contributed by atoms with E-state index in [-0.39, 0.29) is 47.3 Å². The average molecular weight is 1070 g/mol. The van der Waals surface area contributed by atoms with E-state index in [9.17, 15) is 52.7 Å². The summed E-state index contributed by atoms with van der Waals surface area (Å²) < 4.78 is 160. The summed E-state index contributed by atoms with van der Waals surface area (Å²) in [6, 6.07) is 0. The van der Waals surface area contributed by atoms with Crippen LogP contribution in [0.15, 0.2) is 0 Å². The molecule has 12 atom stereocenters. The van der Waals surface area contributed by atoms with Crippen LogP contribution in [0.1, 0.15) is 271 Å². The van der Waals surface area contributed by atoms with Crippen LogP contribution in [0.3, 0.4) is 0 Å². The number of hydrogen-bond donors (Lipinski definition) is 0. The topological polar surface area (TPSA) is 0 Å². The van der Waals surface area contributed by atoms with Gasteiger partial charge in [-0.3, -0.25) is 0 Å². The zero-order valence-electron chi connectivity index (χ0n) is 52.4. The van der Waals surface area contributed by atoms with E-state index >= 15 is 0 Å². The number of rotatable bonds is 4. The first-order valence-electron chi connectivity index (χ1n) is 29.1. The SMILES string of the molecule is CC1CC(C(F)(F)F)C[C@@H](C)C1.CC1CCC(C)C1C.CC1CCCC(C(F)(F)F)[C@@H]1C.CC1C[C@H](C)CC1C(F)(F)F.CCCC(C)(C)C.CCCC(C)(C)C.CCCC(C)C(F)(F)F.[2H]C([2H])(C)C(C)(C)C. The minimum atomic E-state index is -3.99. The summed E-state index contributed by atoms with van der Waals surface area (Å²) in [5.74, 6) is -0.742. The van der Waals surface area contributed by atoms with Crippen molar-refractivity contribution in [2.24, 2.45) is 93.2 Å². The molecular weight excluding hydrogens is 949 g/mol. The van der Waals surface area contributed by atoms with Crippen molar-refractivity contribution in [2.75, 3.05) is 0 Å². The lowest BCUT2D eigenvalue weighted by Crippen LogP contribution is -2.35. The van der Waals surface area contributed by atoms with E-state index in [4.69, 9.17) is 2.74 Å². The summed E-state index contributed by atoms with van der Waals surface area (Å²) in [4.78, 5) is 0. The Morgan fingerprint density at radius 1 is 0.417 bits per heavy atom. The fourth-order valence-electron chi connectivity index (χ4n) is 9.98. The number of alkyl halides is 12. The number of halogens is 12. The standard InChI is InChI=1S/2C9H15F3.C8H13F3.C8H16.2C7H16.C6H11F3.C6H14/c1-6-3-7(2)5-8(4-6)9(10,11)12;1-6-4-3-5-8(7(6)2)9(10,11)12;1-5-3-6(2)7(4-5)8(9,10)11;1-6-4-5-7(2)8(6)3;2*1-5-6-7(2,3)4;1-3-4-5(2)6(7,8)9;1-5-6(2,3)4/h2*6-8H,3-5H2,1-2H3;5-7H,3-4H2,1-2H3;6-8H,4-5H2,1-3H3;2*5-6H2,1-4H3;5H,3-4H2,1-2H3;5H2,1-4H3/t6-,7?,8?;6?,7-,8?;5-,6?,7?;;;;;/m010...../s1/i;;;;;;;5D2. The summed E-state index contributed by atoms with van der Waals surface area (Å²) in [6.07, 6.45) is -3.24. The normalized spacial score (nSPS) is 30.0. The molecule has 440 valence electrons. The first-order valence-corrected chi connectivity index (χ1v) is 28.1. The van der Waals surface area contributed by atoms with Crippen molar-refractivity contribution in [3.63, 3.8) is 0 Å². The fourth-order valence-corrected chi connectivity index (χ4v) is 9.98. The third-order valence-electron chi connectivity index (χ3n) is 15.2. The van der Waals surface area contributed by atoms with Crippen molar-refractivity contribution in [1.29, 1.82) is 0 Å². The van der Waals surface area contributed by atoms with E-state index in [2.05, 4.69) is 76.2 Å². The highest BCUT2D eigenvalue weighted by Gasteiger charge is 2.48. The van der Waals surface area contributed by atoms with Gasteiger partial charge in [0.05, 0.1) is 23.7 Å². The smallest absolute Gasteiger partial charge is 0.171 e. The van der Waals surface area contributed by atoms with Gasteiger partial charge in [0.25, 0.3) is 0 Å². The molecule has 4 saturated carbocycles. The molecule has 0 heterocycles. The average Bonchev–Trinajstić information content (AvgIpc) is 3.68. The molecule has 0 amide bonds. The highest BCUT2D eigenvalue weighted by atomic mass is 19.4. The zero-order valence-corrected chi connectivity index (χ0v) is 50.4. The third-order valence-corrected chi connectivity index (χ3v) is 15.2. The van der Waals surface area contributed by atoms with E-state index in [0.717, 1.165) is 43.4 Å². The lowest BCUT2D eigenvalue weighted by Gasteiger charge is -2.35. The predicted octanol–water partition coefficient (Wildman–Crippen LogP) is 24.3. The Kier molecular flexibility index (Phi) is 36.2. The quantitative estimate of drug-likeness (QED) is 0.246. The zero-order chi connectivity index (χ0) is 59.8. The van der Waals surface area contributed by atoms with Gasteiger partial charge in [-0.15, -0.1) is 0 Å². The van der Waals surface area contributed by atoms with Crippen molar-refractivity contribution >= 4 is 0 Å². The molecule has 12 heteroatoms. The van der Waals surface area contributed by atoms with Gasteiger partial charge in [0.2, 0.25) is 0 Å².